The summed E-state index contributed by atoms with van der Waals surface area (Å²) in [5.41, 5.74) is 3.61. The number of rotatable bonds is 14. The predicted molar refractivity (Wildman–Crippen MR) is 202 cm³/mol. The van der Waals surface area contributed by atoms with Crippen LogP contribution < -0.4 is 0 Å². The number of benzene rings is 4. The summed E-state index contributed by atoms with van der Waals surface area (Å²) in [4.78, 5) is 27.9. The Labute approximate surface area is 331 Å². The van der Waals surface area contributed by atoms with Crippen LogP contribution in [0.15, 0.2) is 121 Å². The van der Waals surface area contributed by atoms with E-state index in [0.717, 1.165) is 27.2 Å². The zero-order valence-corrected chi connectivity index (χ0v) is 31.8. The van der Waals surface area contributed by atoms with E-state index in [4.69, 9.17) is 47.4 Å². The molecule has 4 fully saturated rings. The Bertz CT molecular complexity index is 1880. The lowest BCUT2D eigenvalue weighted by Crippen LogP contribution is -2.67. The molecule has 13 heteroatoms. The van der Waals surface area contributed by atoms with E-state index in [1.54, 1.807) is 0 Å². The van der Waals surface area contributed by atoms with Crippen LogP contribution in [0.5, 0.6) is 0 Å². The summed E-state index contributed by atoms with van der Waals surface area (Å²) in [6, 6.07) is 37.6. The average molecular weight is 782 g/mol. The monoisotopic (exact) mass is 781 g/mol. The molecule has 4 aromatic carbocycles. The second kappa shape index (κ2) is 18.4. The number of carbonyl (C=O) groups is 2. The highest BCUT2D eigenvalue weighted by molar-refractivity contribution is 5.92. The van der Waals surface area contributed by atoms with Crippen molar-refractivity contribution in [2.75, 3.05) is 20.3 Å². The quantitative estimate of drug-likeness (QED) is 0.156. The number of amides is 2. The van der Waals surface area contributed by atoms with Gasteiger partial charge in [-0.2, -0.15) is 0 Å². The molecule has 4 aliphatic heterocycles. The van der Waals surface area contributed by atoms with Crippen LogP contribution in [-0.4, -0.2) is 98.6 Å². The Balaban J connectivity index is 1.13. The van der Waals surface area contributed by atoms with Crippen molar-refractivity contribution in [2.24, 2.45) is 0 Å². The maximum atomic E-state index is 13.6. The Kier molecular flexibility index (Phi) is 12.7. The van der Waals surface area contributed by atoms with Crippen molar-refractivity contribution >= 4 is 12.0 Å². The lowest BCUT2D eigenvalue weighted by atomic mass is 9.94. The molecule has 57 heavy (non-hydrogen) atoms. The zero-order chi connectivity index (χ0) is 39.1. The van der Waals surface area contributed by atoms with Gasteiger partial charge < -0.3 is 47.4 Å². The first-order valence-corrected chi connectivity index (χ1v) is 19.2. The molecule has 4 saturated heterocycles. The second-order valence-corrected chi connectivity index (χ2v) is 14.4. The Morgan fingerprint density at radius 1 is 0.684 bits per heavy atom. The van der Waals surface area contributed by atoms with E-state index in [-0.39, 0.29) is 26.4 Å². The van der Waals surface area contributed by atoms with Crippen LogP contribution in [0.3, 0.4) is 0 Å². The molecule has 2 amide bonds. The predicted octanol–water partition coefficient (Wildman–Crippen LogP) is 5.71. The van der Waals surface area contributed by atoms with E-state index in [0.29, 0.717) is 6.61 Å². The van der Waals surface area contributed by atoms with Crippen LogP contribution in [-0.2, 0) is 72.0 Å². The van der Waals surface area contributed by atoms with Crippen molar-refractivity contribution in [1.29, 1.82) is 0 Å². The van der Waals surface area contributed by atoms with Crippen LogP contribution >= 0.6 is 0 Å². The number of fused-ring (bicyclic) bond motifs is 2. The molecule has 4 aromatic rings. The van der Waals surface area contributed by atoms with Crippen LogP contribution in [0.2, 0.25) is 0 Å². The first-order valence-electron chi connectivity index (χ1n) is 19.2. The van der Waals surface area contributed by atoms with E-state index in [2.05, 4.69) is 0 Å². The van der Waals surface area contributed by atoms with Crippen molar-refractivity contribution < 1.29 is 57.0 Å². The summed E-state index contributed by atoms with van der Waals surface area (Å²) in [6.45, 7) is 2.23. The summed E-state index contributed by atoms with van der Waals surface area (Å²) in [5.74, 6) is -0.534. The van der Waals surface area contributed by atoms with Crippen molar-refractivity contribution in [2.45, 2.75) is 94.4 Å². The number of ether oxygens (including phenoxy) is 10. The number of carbonyl (C=O) groups excluding carboxylic acids is 2. The van der Waals surface area contributed by atoms with E-state index >= 15 is 0 Å². The SMILES string of the molecule is CO[C@H]1O[C@@H]2COC(c3ccccc3)O[C@H]2[C@H](O[C@@H]2O[C@H](COCc3ccccc3)[C@@H](OCc3ccccc3)[C@@H]3OC(=O)N(C(C)=O)[C@@H]23)[C@H]1OCc1ccccc1. The van der Waals surface area contributed by atoms with Crippen LogP contribution in [0.1, 0.15) is 35.5 Å². The average Bonchev–Trinajstić information content (AvgIpc) is 3.61. The van der Waals surface area contributed by atoms with Gasteiger partial charge in [-0.05, 0) is 16.7 Å². The minimum atomic E-state index is -1.24. The first kappa shape index (κ1) is 39.3. The standard InChI is InChI=1S/C44H47NO12/c1-28(46)45-35-38(57-44(45)47)36(50-24-30-17-9-4-10-18-30)33(26-49-23-29-15-7-3-8-16-29)53-42(35)56-39-37-34(27-52-41(55-37)32-21-13-6-14-22-32)54-43(48-2)40(39)51-25-31-19-11-5-12-20-31/h3-22,33-43H,23-27H2,1-2H3/t33-,34-,35-,36-,37-,38-,39+,40-,41?,42+,43+/m1/s1. The molecule has 0 bridgehead atoms. The summed E-state index contributed by atoms with van der Waals surface area (Å²) in [6.07, 6.45) is -9.49. The van der Waals surface area contributed by atoms with Gasteiger partial charge >= 0.3 is 6.09 Å². The molecule has 1 unspecified atom stereocenters. The highest BCUT2D eigenvalue weighted by Crippen LogP contribution is 2.41. The van der Waals surface area contributed by atoms with Crippen LogP contribution in [0.4, 0.5) is 4.79 Å². The summed E-state index contributed by atoms with van der Waals surface area (Å²) >= 11 is 0. The number of hydrogen-bond donors (Lipinski definition) is 0. The van der Waals surface area contributed by atoms with Gasteiger partial charge in [0.15, 0.2) is 25.0 Å². The third-order valence-corrected chi connectivity index (χ3v) is 10.5. The van der Waals surface area contributed by atoms with E-state index in [9.17, 15) is 9.59 Å². The maximum Gasteiger partial charge on any atom is 0.417 e. The maximum absolute atomic E-state index is 13.6. The number of hydrogen-bond acceptors (Lipinski definition) is 12. The van der Waals surface area contributed by atoms with Crippen molar-refractivity contribution in [3.05, 3.63) is 144 Å². The molecule has 11 atom stereocenters. The zero-order valence-electron chi connectivity index (χ0n) is 31.8. The number of imide groups is 1. The normalized spacial score (nSPS) is 30.9. The molecular weight excluding hydrogens is 734 g/mol. The van der Waals surface area contributed by atoms with E-state index in [1.807, 2.05) is 121 Å². The largest absolute Gasteiger partial charge is 0.440 e. The third-order valence-electron chi connectivity index (χ3n) is 10.5. The van der Waals surface area contributed by atoms with Gasteiger partial charge in [0.25, 0.3) is 0 Å². The lowest BCUT2D eigenvalue weighted by molar-refractivity contribution is -0.390. The summed E-state index contributed by atoms with van der Waals surface area (Å²) < 4.78 is 64.3. The smallest absolute Gasteiger partial charge is 0.417 e. The molecule has 4 aliphatic rings. The Hall–Kier alpha value is -4.54. The molecule has 4 heterocycles. The van der Waals surface area contributed by atoms with E-state index < -0.39 is 79.6 Å². The molecule has 0 N–H and O–H groups in total. The minimum Gasteiger partial charge on any atom is -0.440 e. The van der Waals surface area contributed by atoms with Crippen molar-refractivity contribution in [3.63, 3.8) is 0 Å². The highest BCUT2D eigenvalue weighted by Gasteiger charge is 2.61. The molecule has 0 spiro atoms. The van der Waals surface area contributed by atoms with Gasteiger partial charge in [0.1, 0.15) is 42.7 Å². The third kappa shape index (κ3) is 8.97. The van der Waals surface area contributed by atoms with Gasteiger partial charge in [0, 0.05) is 19.6 Å². The number of nitrogens with zero attached hydrogens (tertiary/aromatic N) is 1. The molecule has 0 aromatic heterocycles. The summed E-state index contributed by atoms with van der Waals surface area (Å²) in [7, 11) is 1.53. The van der Waals surface area contributed by atoms with Gasteiger partial charge in [-0.3, -0.25) is 4.79 Å². The fourth-order valence-corrected chi connectivity index (χ4v) is 7.78. The topological polar surface area (TPSA) is 130 Å². The first-order chi connectivity index (χ1) is 28.0. The molecule has 0 aliphatic carbocycles. The van der Waals surface area contributed by atoms with Gasteiger partial charge in [0.05, 0.1) is 33.0 Å². The van der Waals surface area contributed by atoms with Crippen molar-refractivity contribution in [3.8, 4) is 0 Å². The van der Waals surface area contributed by atoms with Crippen LogP contribution in [0.25, 0.3) is 0 Å². The minimum absolute atomic E-state index is 0.0595. The number of methoxy groups -OCH3 is 1. The van der Waals surface area contributed by atoms with Crippen molar-refractivity contribution in [1.82, 2.24) is 4.90 Å². The highest BCUT2D eigenvalue weighted by atomic mass is 16.8. The Morgan fingerprint density at radius 2 is 1.26 bits per heavy atom. The second-order valence-electron chi connectivity index (χ2n) is 14.4. The van der Waals surface area contributed by atoms with Gasteiger partial charge in [0.2, 0.25) is 5.91 Å². The van der Waals surface area contributed by atoms with Crippen LogP contribution in [0, 0.1) is 0 Å². The van der Waals surface area contributed by atoms with Gasteiger partial charge in [-0.1, -0.05) is 121 Å². The van der Waals surface area contributed by atoms with Gasteiger partial charge in [-0.15, -0.1) is 0 Å². The molecule has 13 nitrogen and oxygen atoms in total. The molecule has 0 radical (unpaired) electrons. The lowest BCUT2D eigenvalue weighted by Gasteiger charge is -2.51. The van der Waals surface area contributed by atoms with E-state index in [1.165, 1.54) is 14.0 Å². The summed E-state index contributed by atoms with van der Waals surface area (Å²) in [5, 5.41) is 0. The molecule has 300 valence electrons. The molecular formula is C44H47NO12. The fourth-order valence-electron chi connectivity index (χ4n) is 7.78. The Morgan fingerprint density at radius 3 is 1.86 bits per heavy atom. The van der Waals surface area contributed by atoms with Gasteiger partial charge in [-0.25, -0.2) is 9.69 Å². The molecule has 8 rings (SSSR count). The molecule has 0 saturated carbocycles. The fraction of sp³-hybridized carbons (Fsp3) is 0.409.